The van der Waals surface area contributed by atoms with Gasteiger partial charge >= 0.3 is 0 Å². The largest absolute Gasteiger partial charge is 0.369 e. The van der Waals surface area contributed by atoms with Crippen LogP contribution in [0.15, 0.2) is 42.5 Å². The van der Waals surface area contributed by atoms with Crippen LogP contribution in [0.25, 0.3) is 0 Å². The van der Waals surface area contributed by atoms with Crippen molar-refractivity contribution in [3.8, 4) is 6.07 Å². The van der Waals surface area contributed by atoms with Gasteiger partial charge in [-0.2, -0.15) is 5.26 Å². The quantitative estimate of drug-likeness (QED) is 0.895. The van der Waals surface area contributed by atoms with E-state index in [1.54, 1.807) is 24.3 Å². The van der Waals surface area contributed by atoms with E-state index in [0.717, 1.165) is 31.9 Å². The Kier molecular flexibility index (Phi) is 5.71. The number of piperazine rings is 1. The molecule has 3 rings (SSSR count). The number of nitrogens with zero attached hydrogens (tertiary/aromatic N) is 3. The van der Waals surface area contributed by atoms with E-state index in [1.165, 1.54) is 12.1 Å². The number of carbonyl (C=O) groups excluding carboxylic acids is 1. The first-order valence-electron chi connectivity index (χ1n) is 8.27. The van der Waals surface area contributed by atoms with Crippen LogP contribution in [0, 0.1) is 17.1 Å². The molecule has 0 spiro atoms. The summed E-state index contributed by atoms with van der Waals surface area (Å²) in [6, 6.07) is 13.2. The number of nitriles is 1. The lowest BCUT2D eigenvalue weighted by Crippen LogP contribution is -2.48. The molecule has 1 aliphatic heterocycles. The van der Waals surface area contributed by atoms with Crippen molar-refractivity contribution in [1.82, 2.24) is 4.90 Å². The van der Waals surface area contributed by atoms with E-state index in [1.807, 2.05) is 6.07 Å². The predicted octanol–water partition coefficient (Wildman–Crippen LogP) is 3.11. The highest BCUT2D eigenvalue weighted by atomic mass is 35.5. The number of rotatable bonds is 4. The van der Waals surface area contributed by atoms with Crippen molar-refractivity contribution in [2.45, 2.75) is 0 Å². The van der Waals surface area contributed by atoms with Crippen LogP contribution in [-0.4, -0.2) is 43.5 Å². The van der Waals surface area contributed by atoms with Crippen LogP contribution in [0.3, 0.4) is 0 Å². The minimum atomic E-state index is -0.331. The van der Waals surface area contributed by atoms with E-state index in [2.05, 4.69) is 21.2 Å². The van der Waals surface area contributed by atoms with Crippen molar-refractivity contribution in [3.05, 3.63) is 58.9 Å². The van der Waals surface area contributed by atoms with Crippen LogP contribution in [-0.2, 0) is 4.79 Å². The zero-order valence-electron chi connectivity index (χ0n) is 14.1. The van der Waals surface area contributed by atoms with Crippen molar-refractivity contribution in [2.75, 3.05) is 42.9 Å². The second-order valence-electron chi connectivity index (χ2n) is 6.09. The first-order valence-corrected chi connectivity index (χ1v) is 8.65. The van der Waals surface area contributed by atoms with Gasteiger partial charge in [0.1, 0.15) is 11.9 Å². The van der Waals surface area contributed by atoms with Crippen LogP contribution in [0.4, 0.5) is 15.8 Å². The average molecular weight is 373 g/mol. The molecule has 0 atom stereocenters. The van der Waals surface area contributed by atoms with Gasteiger partial charge in [0.2, 0.25) is 5.91 Å². The molecule has 5 nitrogen and oxygen atoms in total. The zero-order chi connectivity index (χ0) is 18.5. The van der Waals surface area contributed by atoms with Crippen molar-refractivity contribution in [2.24, 2.45) is 0 Å². The molecule has 0 radical (unpaired) electrons. The molecule has 1 saturated heterocycles. The molecule has 1 amide bonds. The number of halogens is 2. The van der Waals surface area contributed by atoms with Crippen LogP contribution in [0.2, 0.25) is 5.02 Å². The fourth-order valence-corrected chi connectivity index (χ4v) is 3.11. The van der Waals surface area contributed by atoms with Gasteiger partial charge in [0, 0.05) is 37.6 Å². The van der Waals surface area contributed by atoms with Crippen LogP contribution >= 0.6 is 11.6 Å². The van der Waals surface area contributed by atoms with E-state index in [4.69, 9.17) is 16.9 Å². The van der Waals surface area contributed by atoms with Crippen LogP contribution in [0.5, 0.6) is 0 Å². The summed E-state index contributed by atoms with van der Waals surface area (Å²) in [6.07, 6.45) is 0. The molecule has 1 fully saturated rings. The first kappa shape index (κ1) is 18.2. The van der Waals surface area contributed by atoms with Crippen molar-refractivity contribution >= 4 is 28.9 Å². The summed E-state index contributed by atoms with van der Waals surface area (Å²) in [4.78, 5) is 16.4. The summed E-state index contributed by atoms with van der Waals surface area (Å²) in [6.45, 7) is 3.32. The molecule has 2 aromatic rings. The number of benzene rings is 2. The Labute approximate surface area is 156 Å². The minimum absolute atomic E-state index is 0.119. The van der Waals surface area contributed by atoms with E-state index >= 15 is 0 Å². The number of hydrogen-bond donors (Lipinski definition) is 1. The monoisotopic (exact) mass is 372 g/mol. The second-order valence-corrected chi connectivity index (χ2v) is 6.50. The third-order valence-corrected chi connectivity index (χ3v) is 4.62. The Morgan fingerprint density at radius 3 is 2.46 bits per heavy atom. The fraction of sp³-hybridized carbons (Fsp3) is 0.263. The summed E-state index contributed by atoms with van der Waals surface area (Å²) in [5.74, 6) is -0.450. The van der Waals surface area contributed by atoms with Gasteiger partial charge in [-0.3, -0.25) is 9.69 Å². The summed E-state index contributed by atoms with van der Waals surface area (Å²) >= 11 is 6.10. The van der Waals surface area contributed by atoms with Gasteiger partial charge in [-0.05, 0) is 42.5 Å². The minimum Gasteiger partial charge on any atom is -0.369 e. The molecule has 7 heteroatoms. The summed E-state index contributed by atoms with van der Waals surface area (Å²) in [7, 11) is 0. The molecule has 134 valence electrons. The summed E-state index contributed by atoms with van der Waals surface area (Å²) in [5.41, 5.74) is 2.03. The van der Waals surface area contributed by atoms with Gasteiger partial charge in [-0.25, -0.2) is 4.39 Å². The lowest BCUT2D eigenvalue weighted by atomic mass is 10.2. The Morgan fingerprint density at radius 1 is 1.15 bits per heavy atom. The smallest absolute Gasteiger partial charge is 0.238 e. The third-order valence-electron chi connectivity index (χ3n) is 4.31. The van der Waals surface area contributed by atoms with Gasteiger partial charge in [-0.15, -0.1) is 0 Å². The fourth-order valence-electron chi connectivity index (χ4n) is 2.89. The molecule has 1 heterocycles. The molecule has 0 unspecified atom stereocenters. The van der Waals surface area contributed by atoms with Gasteiger partial charge in [-0.1, -0.05) is 11.6 Å². The van der Waals surface area contributed by atoms with Crippen molar-refractivity contribution in [1.29, 1.82) is 5.26 Å². The molecule has 0 bridgehead atoms. The SMILES string of the molecule is N#Cc1ccc(N2CCN(CC(=O)Nc3ccc(F)cc3)CC2)cc1Cl. The standard InChI is InChI=1S/C19H18ClFN4O/c20-18-11-17(6-1-14(18)12-22)25-9-7-24(8-10-25)13-19(26)23-16-4-2-15(21)3-5-16/h1-6,11H,7-10,13H2,(H,23,26). The maximum Gasteiger partial charge on any atom is 0.238 e. The summed E-state index contributed by atoms with van der Waals surface area (Å²) in [5, 5.41) is 12.2. The van der Waals surface area contributed by atoms with Crippen LogP contribution < -0.4 is 10.2 Å². The number of carbonyl (C=O) groups is 1. The molecule has 0 aliphatic carbocycles. The predicted molar refractivity (Wildman–Crippen MR) is 99.8 cm³/mol. The molecule has 0 saturated carbocycles. The highest BCUT2D eigenvalue weighted by molar-refractivity contribution is 6.32. The Balaban J connectivity index is 1.50. The lowest BCUT2D eigenvalue weighted by molar-refractivity contribution is -0.117. The number of amides is 1. The first-order chi connectivity index (χ1) is 12.5. The molecule has 26 heavy (non-hydrogen) atoms. The molecular formula is C19H18ClFN4O. The van der Waals surface area contributed by atoms with E-state index in [0.29, 0.717) is 22.8 Å². The average Bonchev–Trinajstić information content (AvgIpc) is 2.64. The molecule has 1 aliphatic rings. The van der Waals surface area contributed by atoms with Gasteiger partial charge in [0.25, 0.3) is 0 Å². The number of hydrogen-bond acceptors (Lipinski definition) is 4. The second kappa shape index (κ2) is 8.17. The zero-order valence-corrected chi connectivity index (χ0v) is 14.8. The van der Waals surface area contributed by atoms with Gasteiger partial charge in [0.05, 0.1) is 17.1 Å². The maximum absolute atomic E-state index is 12.9. The highest BCUT2D eigenvalue weighted by Crippen LogP contribution is 2.24. The van der Waals surface area contributed by atoms with E-state index in [9.17, 15) is 9.18 Å². The van der Waals surface area contributed by atoms with Crippen molar-refractivity contribution in [3.63, 3.8) is 0 Å². The molecule has 0 aromatic heterocycles. The van der Waals surface area contributed by atoms with E-state index < -0.39 is 0 Å². The Morgan fingerprint density at radius 2 is 1.85 bits per heavy atom. The van der Waals surface area contributed by atoms with E-state index in [-0.39, 0.29) is 11.7 Å². The van der Waals surface area contributed by atoms with Crippen LogP contribution in [0.1, 0.15) is 5.56 Å². The van der Waals surface area contributed by atoms with Crippen molar-refractivity contribution < 1.29 is 9.18 Å². The number of anilines is 2. The third kappa shape index (κ3) is 4.51. The molecule has 1 N–H and O–H groups in total. The maximum atomic E-state index is 12.9. The number of nitrogens with one attached hydrogen (secondary N) is 1. The van der Waals surface area contributed by atoms with Gasteiger partial charge < -0.3 is 10.2 Å². The Hall–Kier alpha value is -2.62. The topological polar surface area (TPSA) is 59.4 Å². The molecule has 2 aromatic carbocycles. The molecular weight excluding hydrogens is 355 g/mol. The lowest BCUT2D eigenvalue weighted by Gasteiger charge is -2.35. The van der Waals surface area contributed by atoms with Gasteiger partial charge in [0.15, 0.2) is 0 Å². The normalized spacial score (nSPS) is 14.7. The Bertz CT molecular complexity index is 826. The summed E-state index contributed by atoms with van der Waals surface area (Å²) < 4.78 is 12.9. The highest BCUT2D eigenvalue weighted by Gasteiger charge is 2.19.